The molecule has 0 radical (unpaired) electrons. The third-order valence-corrected chi connectivity index (χ3v) is 6.89. The Morgan fingerprint density at radius 3 is 1.83 bits per heavy atom. The normalized spacial score (nSPS) is 15.2. The number of esters is 1. The van der Waals surface area contributed by atoms with Gasteiger partial charge in [-0.1, -0.05) is 76.9 Å². The smallest absolute Gasteiger partial charge is 0.307 e. The SMILES string of the molecule is CCCCCCCCC=CCCCCCCCCOCCOCCOC(=O)CCN1CCN(C)CC1. The van der Waals surface area contributed by atoms with Gasteiger partial charge in [-0.15, -0.1) is 0 Å². The minimum absolute atomic E-state index is 0.131. The highest BCUT2D eigenvalue weighted by Crippen LogP contribution is 2.10. The molecule has 0 amide bonds. The Kier molecular flexibility index (Phi) is 23.6. The molecule has 1 rings (SSSR count). The van der Waals surface area contributed by atoms with Crippen LogP contribution in [0.2, 0.25) is 0 Å². The van der Waals surface area contributed by atoms with Crippen LogP contribution in [0, 0.1) is 0 Å². The van der Waals surface area contributed by atoms with Gasteiger partial charge in [0, 0.05) is 39.3 Å². The van der Waals surface area contributed by atoms with Crippen molar-refractivity contribution in [2.75, 3.05) is 72.8 Å². The van der Waals surface area contributed by atoms with Crippen LogP contribution in [0.1, 0.15) is 103 Å². The molecule has 36 heavy (non-hydrogen) atoms. The summed E-state index contributed by atoms with van der Waals surface area (Å²) >= 11 is 0. The summed E-state index contributed by atoms with van der Waals surface area (Å²) in [4.78, 5) is 16.5. The van der Waals surface area contributed by atoms with Crippen LogP contribution < -0.4 is 0 Å². The molecule has 0 aromatic rings. The minimum atomic E-state index is -0.131. The van der Waals surface area contributed by atoms with Crippen molar-refractivity contribution in [3.8, 4) is 0 Å². The third-order valence-electron chi connectivity index (χ3n) is 6.89. The third kappa shape index (κ3) is 22.3. The number of carbonyl (C=O) groups is 1. The molecule has 0 bridgehead atoms. The maximum absolute atomic E-state index is 11.8. The summed E-state index contributed by atoms with van der Waals surface area (Å²) in [6.07, 6.45) is 23.8. The highest BCUT2D eigenvalue weighted by molar-refractivity contribution is 5.69. The van der Waals surface area contributed by atoms with E-state index in [0.29, 0.717) is 32.8 Å². The quantitative estimate of drug-likeness (QED) is 0.0823. The van der Waals surface area contributed by atoms with Crippen molar-refractivity contribution in [1.82, 2.24) is 9.80 Å². The molecule has 1 fully saturated rings. The Balaban J connectivity index is 1.71. The molecule has 0 unspecified atom stereocenters. The second-order valence-electron chi connectivity index (χ2n) is 10.3. The monoisotopic (exact) mass is 510 g/mol. The predicted molar refractivity (Wildman–Crippen MR) is 151 cm³/mol. The van der Waals surface area contributed by atoms with Gasteiger partial charge in [0.15, 0.2) is 0 Å². The fourth-order valence-corrected chi connectivity index (χ4v) is 4.38. The van der Waals surface area contributed by atoms with Crippen molar-refractivity contribution in [2.24, 2.45) is 0 Å². The van der Waals surface area contributed by atoms with E-state index < -0.39 is 0 Å². The lowest BCUT2D eigenvalue weighted by atomic mass is 10.1. The molecule has 1 saturated heterocycles. The first-order valence-electron chi connectivity index (χ1n) is 15.1. The van der Waals surface area contributed by atoms with E-state index in [4.69, 9.17) is 14.2 Å². The number of allylic oxidation sites excluding steroid dienone is 2. The van der Waals surface area contributed by atoms with E-state index in [1.807, 2.05) is 0 Å². The molecule has 212 valence electrons. The highest BCUT2D eigenvalue weighted by atomic mass is 16.6. The largest absolute Gasteiger partial charge is 0.463 e. The van der Waals surface area contributed by atoms with E-state index in [9.17, 15) is 4.79 Å². The van der Waals surface area contributed by atoms with E-state index >= 15 is 0 Å². The van der Waals surface area contributed by atoms with Gasteiger partial charge in [-0.05, 0) is 39.2 Å². The van der Waals surface area contributed by atoms with Crippen molar-refractivity contribution in [3.63, 3.8) is 0 Å². The first kappa shape index (κ1) is 33.1. The number of likely N-dealkylation sites (N-methyl/N-ethyl adjacent to an activating group) is 1. The van der Waals surface area contributed by atoms with E-state index in [1.165, 1.54) is 83.5 Å². The lowest BCUT2D eigenvalue weighted by Crippen LogP contribution is -2.45. The summed E-state index contributed by atoms with van der Waals surface area (Å²) in [5.41, 5.74) is 0. The van der Waals surface area contributed by atoms with Gasteiger partial charge in [0.05, 0.1) is 26.2 Å². The van der Waals surface area contributed by atoms with Gasteiger partial charge in [0.2, 0.25) is 0 Å². The van der Waals surface area contributed by atoms with Crippen LogP contribution in [0.25, 0.3) is 0 Å². The fourth-order valence-electron chi connectivity index (χ4n) is 4.38. The second-order valence-corrected chi connectivity index (χ2v) is 10.3. The first-order valence-corrected chi connectivity index (χ1v) is 15.1. The molecule has 6 nitrogen and oxygen atoms in total. The maximum Gasteiger partial charge on any atom is 0.307 e. The van der Waals surface area contributed by atoms with E-state index in [2.05, 4.69) is 35.9 Å². The number of carbonyl (C=O) groups excluding carboxylic acids is 1. The molecule has 0 aromatic heterocycles. The Bertz CT molecular complexity index is 507. The molecule has 6 heteroatoms. The summed E-state index contributed by atoms with van der Waals surface area (Å²) in [6.45, 7) is 10.0. The van der Waals surface area contributed by atoms with Crippen LogP contribution >= 0.6 is 0 Å². The molecule has 0 N–H and O–H groups in total. The van der Waals surface area contributed by atoms with Crippen LogP contribution in [0.15, 0.2) is 12.2 Å². The number of unbranched alkanes of at least 4 members (excludes halogenated alkanes) is 12. The zero-order valence-corrected chi connectivity index (χ0v) is 23.9. The Labute approximate surface area is 223 Å². The van der Waals surface area contributed by atoms with Gasteiger partial charge in [0.1, 0.15) is 6.61 Å². The molecular weight excluding hydrogens is 452 g/mol. The van der Waals surface area contributed by atoms with Gasteiger partial charge >= 0.3 is 5.97 Å². The predicted octanol–water partition coefficient (Wildman–Crippen LogP) is 6.24. The zero-order valence-electron chi connectivity index (χ0n) is 23.9. The van der Waals surface area contributed by atoms with Gasteiger partial charge in [-0.2, -0.15) is 0 Å². The van der Waals surface area contributed by atoms with Gasteiger partial charge in [-0.25, -0.2) is 0 Å². The number of piperazine rings is 1. The van der Waals surface area contributed by atoms with Crippen molar-refractivity contribution < 1.29 is 19.0 Å². The minimum Gasteiger partial charge on any atom is -0.463 e. The number of nitrogens with zero attached hydrogens (tertiary/aromatic N) is 2. The molecule has 0 spiro atoms. The molecule has 1 aliphatic rings. The maximum atomic E-state index is 11.8. The highest BCUT2D eigenvalue weighted by Gasteiger charge is 2.14. The number of ether oxygens (including phenoxy) is 3. The lowest BCUT2D eigenvalue weighted by Gasteiger charge is -2.31. The van der Waals surface area contributed by atoms with Crippen LogP contribution in [0.4, 0.5) is 0 Å². The lowest BCUT2D eigenvalue weighted by molar-refractivity contribution is -0.145. The van der Waals surface area contributed by atoms with Crippen molar-refractivity contribution in [1.29, 1.82) is 0 Å². The summed E-state index contributed by atoms with van der Waals surface area (Å²) in [6, 6.07) is 0. The molecule has 1 heterocycles. The zero-order chi connectivity index (χ0) is 25.9. The summed E-state index contributed by atoms with van der Waals surface area (Å²) in [7, 11) is 2.14. The van der Waals surface area contributed by atoms with Crippen LogP contribution in [0.5, 0.6) is 0 Å². The molecule has 0 aromatic carbocycles. The summed E-state index contributed by atoms with van der Waals surface area (Å²) in [5, 5.41) is 0. The molecule has 0 atom stereocenters. The van der Waals surface area contributed by atoms with Gasteiger partial charge in [0.25, 0.3) is 0 Å². The van der Waals surface area contributed by atoms with E-state index in [-0.39, 0.29) is 5.97 Å². The molecule has 1 aliphatic heterocycles. The Hall–Kier alpha value is -0.950. The van der Waals surface area contributed by atoms with E-state index in [1.54, 1.807) is 0 Å². The van der Waals surface area contributed by atoms with Crippen molar-refractivity contribution in [2.45, 2.75) is 103 Å². The van der Waals surface area contributed by atoms with Crippen molar-refractivity contribution in [3.05, 3.63) is 12.2 Å². The summed E-state index contributed by atoms with van der Waals surface area (Å²) < 4.78 is 16.4. The summed E-state index contributed by atoms with van der Waals surface area (Å²) in [5.74, 6) is -0.131. The molecular formula is C30H58N2O4. The van der Waals surface area contributed by atoms with Crippen LogP contribution in [0.3, 0.4) is 0 Å². The number of rotatable bonds is 25. The fraction of sp³-hybridized carbons (Fsp3) is 0.900. The topological polar surface area (TPSA) is 51.2 Å². The molecule has 0 saturated carbocycles. The van der Waals surface area contributed by atoms with Crippen molar-refractivity contribution >= 4 is 5.97 Å². The Morgan fingerprint density at radius 1 is 0.667 bits per heavy atom. The van der Waals surface area contributed by atoms with E-state index in [0.717, 1.165) is 45.8 Å². The first-order chi connectivity index (χ1) is 17.7. The second kappa shape index (κ2) is 25.7. The Morgan fingerprint density at radius 2 is 1.19 bits per heavy atom. The average molecular weight is 511 g/mol. The number of hydrogen-bond acceptors (Lipinski definition) is 6. The standard InChI is InChI=1S/C30H58N2O4/c1-3-4-5-6-7-8-9-10-11-12-13-14-15-16-17-18-25-34-26-27-35-28-29-36-30(33)19-20-32-23-21-31(2)22-24-32/h10-11H,3-9,12-29H2,1-2H3. The van der Waals surface area contributed by atoms with Gasteiger partial charge in [-0.3, -0.25) is 4.79 Å². The molecule has 0 aliphatic carbocycles. The van der Waals surface area contributed by atoms with Gasteiger partial charge < -0.3 is 24.0 Å². The van der Waals surface area contributed by atoms with Crippen LogP contribution in [-0.4, -0.2) is 88.6 Å². The van der Waals surface area contributed by atoms with Crippen LogP contribution in [-0.2, 0) is 19.0 Å². The average Bonchev–Trinajstić information content (AvgIpc) is 2.88. The number of hydrogen-bond donors (Lipinski definition) is 0.